The molecule has 1 N–H and O–H groups in total. The number of phenolic OH excluding ortho intramolecular Hbond substituents is 1. The Morgan fingerprint density at radius 2 is 1.73 bits per heavy atom. The Balaban J connectivity index is 1.65. The molecule has 0 aliphatic carbocycles. The number of ether oxygens (including phenoxy) is 1. The Morgan fingerprint density at radius 1 is 1.00 bits per heavy atom. The van der Waals surface area contributed by atoms with Crippen LogP contribution in [0.4, 0.5) is 4.39 Å². The predicted molar refractivity (Wildman–Crippen MR) is 94.3 cm³/mol. The van der Waals surface area contributed by atoms with Crippen molar-refractivity contribution in [1.29, 1.82) is 0 Å². The van der Waals surface area contributed by atoms with Gasteiger partial charge in [0.1, 0.15) is 0 Å². The molecule has 4 aromatic rings. The summed E-state index contributed by atoms with van der Waals surface area (Å²) >= 11 is 0. The lowest BCUT2D eigenvalue weighted by Crippen LogP contribution is -1.97. The fourth-order valence-electron chi connectivity index (χ4n) is 2.69. The topological polar surface area (TPSA) is 65.1 Å². The van der Waals surface area contributed by atoms with Gasteiger partial charge in [-0.05, 0) is 48.0 Å². The first-order chi connectivity index (χ1) is 12.7. The van der Waals surface area contributed by atoms with Gasteiger partial charge < -0.3 is 9.84 Å². The Bertz CT molecular complexity index is 1040. The van der Waals surface area contributed by atoms with Crippen LogP contribution < -0.4 is 4.74 Å². The first-order valence-electron chi connectivity index (χ1n) is 7.88. The van der Waals surface area contributed by atoms with Crippen molar-refractivity contribution in [2.24, 2.45) is 0 Å². The minimum absolute atomic E-state index is 0.0799. The smallest absolute Gasteiger partial charge is 0.194 e. The summed E-state index contributed by atoms with van der Waals surface area (Å²) in [5.74, 6) is -1.16. The van der Waals surface area contributed by atoms with E-state index in [1.807, 2.05) is 36.5 Å². The molecule has 0 atom stereocenters. The van der Waals surface area contributed by atoms with Crippen molar-refractivity contribution < 1.29 is 14.2 Å². The van der Waals surface area contributed by atoms with Crippen LogP contribution in [-0.2, 0) is 0 Å². The number of hydrogen-bond acceptors (Lipinski definition) is 4. The molecular formula is C19H15FN4O2. The van der Waals surface area contributed by atoms with Gasteiger partial charge in [-0.2, -0.15) is 10.2 Å². The number of halogens is 1. The number of nitrogens with zero attached hydrogens (tertiary/aromatic N) is 4. The van der Waals surface area contributed by atoms with Gasteiger partial charge in [0.2, 0.25) is 0 Å². The summed E-state index contributed by atoms with van der Waals surface area (Å²) in [6, 6.07) is 12.4. The molecule has 0 aliphatic rings. The molecule has 130 valence electrons. The first-order valence-corrected chi connectivity index (χ1v) is 7.88. The van der Waals surface area contributed by atoms with Crippen molar-refractivity contribution in [2.45, 2.75) is 0 Å². The quantitative estimate of drug-likeness (QED) is 0.611. The average molecular weight is 350 g/mol. The fraction of sp³-hybridized carbons (Fsp3) is 0.0526. The molecule has 26 heavy (non-hydrogen) atoms. The van der Waals surface area contributed by atoms with Gasteiger partial charge in [-0.1, -0.05) is 0 Å². The van der Waals surface area contributed by atoms with Crippen molar-refractivity contribution >= 4 is 0 Å². The molecule has 0 saturated carbocycles. The lowest BCUT2D eigenvalue weighted by Gasteiger charge is -2.07. The molecule has 0 spiro atoms. The molecule has 0 bridgehead atoms. The van der Waals surface area contributed by atoms with E-state index in [9.17, 15) is 9.50 Å². The summed E-state index contributed by atoms with van der Waals surface area (Å²) in [6.07, 6.45) is 7.01. The van der Waals surface area contributed by atoms with Crippen LogP contribution in [0.15, 0.2) is 67.3 Å². The lowest BCUT2D eigenvalue weighted by atomic mass is 10.1. The number of hydrogen-bond donors (Lipinski definition) is 1. The standard InChI is InChI=1S/C19H15FN4O2/c1-26-18-10-13(9-17(20)19(18)25)14-11-22-24(12-14)16-5-3-15(4-6-16)23-8-2-7-21-23/h2-12,25H,1H3. The second-order valence-electron chi connectivity index (χ2n) is 5.65. The molecule has 2 aromatic carbocycles. The van der Waals surface area contributed by atoms with Crippen LogP contribution >= 0.6 is 0 Å². The molecule has 0 saturated heterocycles. The van der Waals surface area contributed by atoms with E-state index in [-0.39, 0.29) is 5.75 Å². The maximum Gasteiger partial charge on any atom is 0.194 e. The van der Waals surface area contributed by atoms with E-state index in [0.717, 1.165) is 11.4 Å². The van der Waals surface area contributed by atoms with Crippen molar-refractivity contribution in [2.75, 3.05) is 7.11 Å². The summed E-state index contributed by atoms with van der Waals surface area (Å²) in [4.78, 5) is 0. The number of rotatable bonds is 4. The molecule has 2 heterocycles. The van der Waals surface area contributed by atoms with Crippen LogP contribution in [0.2, 0.25) is 0 Å². The largest absolute Gasteiger partial charge is 0.502 e. The van der Waals surface area contributed by atoms with Gasteiger partial charge in [0.15, 0.2) is 17.3 Å². The summed E-state index contributed by atoms with van der Waals surface area (Å²) in [7, 11) is 1.38. The minimum Gasteiger partial charge on any atom is -0.502 e. The Morgan fingerprint density at radius 3 is 2.38 bits per heavy atom. The number of methoxy groups -OCH3 is 1. The highest BCUT2D eigenvalue weighted by atomic mass is 19.1. The Kier molecular flexibility index (Phi) is 3.89. The van der Waals surface area contributed by atoms with Gasteiger partial charge in [-0.3, -0.25) is 0 Å². The van der Waals surface area contributed by atoms with Crippen LogP contribution in [0.5, 0.6) is 11.5 Å². The van der Waals surface area contributed by atoms with Gasteiger partial charge >= 0.3 is 0 Å². The van der Waals surface area contributed by atoms with Crippen LogP contribution in [0.3, 0.4) is 0 Å². The average Bonchev–Trinajstić information content (AvgIpc) is 3.36. The van der Waals surface area contributed by atoms with Gasteiger partial charge in [0, 0.05) is 24.2 Å². The number of aromatic hydroxyl groups is 1. The van der Waals surface area contributed by atoms with Crippen molar-refractivity contribution in [3.8, 4) is 34.0 Å². The molecule has 7 heteroatoms. The predicted octanol–water partition coefficient (Wildman–Crippen LogP) is 3.58. The second kappa shape index (κ2) is 6.36. The zero-order valence-corrected chi connectivity index (χ0v) is 13.9. The van der Waals surface area contributed by atoms with E-state index in [1.54, 1.807) is 34.0 Å². The number of benzene rings is 2. The molecule has 6 nitrogen and oxygen atoms in total. The van der Waals surface area contributed by atoms with Crippen LogP contribution in [0.25, 0.3) is 22.5 Å². The highest BCUT2D eigenvalue weighted by Gasteiger charge is 2.13. The van der Waals surface area contributed by atoms with Crippen LogP contribution in [-0.4, -0.2) is 31.8 Å². The third-order valence-corrected chi connectivity index (χ3v) is 4.05. The van der Waals surface area contributed by atoms with E-state index < -0.39 is 11.6 Å². The maximum atomic E-state index is 13.9. The SMILES string of the molecule is COc1cc(-c2cnn(-c3ccc(-n4cccn4)cc3)c2)cc(F)c1O. The molecule has 0 amide bonds. The second-order valence-corrected chi connectivity index (χ2v) is 5.65. The third-order valence-electron chi connectivity index (χ3n) is 4.05. The molecular weight excluding hydrogens is 335 g/mol. The van der Waals surface area contributed by atoms with E-state index in [4.69, 9.17) is 4.74 Å². The summed E-state index contributed by atoms with van der Waals surface area (Å²) in [5, 5.41) is 18.2. The molecule has 2 aromatic heterocycles. The normalized spacial score (nSPS) is 10.8. The van der Waals surface area contributed by atoms with E-state index in [2.05, 4.69) is 10.2 Å². The maximum absolute atomic E-state index is 13.9. The fourth-order valence-corrected chi connectivity index (χ4v) is 2.69. The lowest BCUT2D eigenvalue weighted by molar-refractivity contribution is 0.357. The zero-order chi connectivity index (χ0) is 18.1. The highest BCUT2D eigenvalue weighted by Crippen LogP contribution is 2.34. The zero-order valence-electron chi connectivity index (χ0n) is 13.9. The van der Waals surface area contributed by atoms with E-state index in [0.29, 0.717) is 11.1 Å². The number of aromatic nitrogens is 4. The monoisotopic (exact) mass is 350 g/mol. The van der Waals surface area contributed by atoms with E-state index >= 15 is 0 Å². The Labute approximate surface area is 148 Å². The van der Waals surface area contributed by atoms with Gasteiger partial charge in [0.05, 0.1) is 24.7 Å². The Hall–Kier alpha value is -3.61. The molecule has 0 fully saturated rings. The van der Waals surface area contributed by atoms with Crippen LogP contribution in [0, 0.1) is 5.82 Å². The van der Waals surface area contributed by atoms with Crippen molar-refractivity contribution in [3.05, 3.63) is 73.1 Å². The van der Waals surface area contributed by atoms with Gasteiger partial charge in [0.25, 0.3) is 0 Å². The number of phenols is 1. The minimum atomic E-state index is -0.740. The van der Waals surface area contributed by atoms with Gasteiger partial charge in [-0.15, -0.1) is 0 Å². The highest BCUT2D eigenvalue weighted by molar-refractivity contribution is 5.66. The third kappa shape index (κ3) is 2.79. The summed E-state index contributed by atoms with van der Waals surface area (Å²) < 4.78 is 22.3. The van der Waals surface area contributed by atoms with Crippen molar-refractivity contribution in [1.82, 2.24) is 19.6 Å². The van der Waals surface area contributed by atoms with Gasteiger partial charge in [-0.25, -0.2) is 13.8 Å². The summed E-state index contributed by atoms with van der Waals surface area (Å²) in [5.41, 5.74) is 3.07. The molecule has 4 rings (SSSR count). The van der Waals surface area contributed by atoms with Crippen molar-refractivity contribution in [3.63, 3.8) is 0 Å². The van der Waals surface area contributed by atoms with E-state index in [1.165, 1.54) is 13.2 Å². The summed E-state index contributed by atoms with van der Waals surface area (Å²) in [6.45, 7) is 0. The van der Waals surface area contributed by atoms with Crippen LogP contribution in [0.1, 0.15) is 0 Å². The molecule has 0 unspecified atom stereocenters. The first kappa shape index (κ1) is 15.9. The molecule has 0 radical (unpaired) electrons. The molecule has 0 aliphatic heterocycles.